The van der Waals surface area contributed by atoms with Gasteiger partial charge in [0.2, 0.25) is 10.0 Å². The molecule has 18 heavy (non-hydrogen) atoms. The minimum absolute atomic E-state index is 0.329. The summed E-state index contributed by atoms with van der Waals surface area (Å²) in [7, 11) is -4.40. The molecule has 0 amide bonds. The maximum atomic E-state index is 13.4. The lowest BCUT2D eigenvalue weighted by molar-refractivity contribution is -0.138. The molecule has 0 saturated heterocycles. The van der Waals surface area contributed by atoms with Gasteiger partial charge in [0.1, 0.15) is 22.6 Å². The topological polar surface area (TPSA) is 83.5 Å². The average Bonchev–Trinajstić information content (AvgIpc) is 2.13. The molecule has 5 nitrogen and oxygen atoms in total. The third kappa shape index (κ3) is 3.24. The highest BCUT2D eigenvalue weighted by atomic mass is 79.9. The minimum atomic E-state index is -4.40. The zero-order chi connectivity index (χ0) is 14.1. The highest BCUT2D eigenvalue weighted by molar-refractivity contribution is 9.10. The first-order valence-corrected chi connectivity index (χ1v) is 6.82. The van der Waals surface area contributed by atoms with Crippen LogP contribution in [0.25, 0.3) is 0 Å². The van der Waals surface area contributed by atoms with Crippen LogP contribution in [0.3, 0.4) is 0 Å². The monoisotopic (exact) mass is 343 g/mol. The van der Waals surface area contributed by atoms with Crippen LogP contribution in [-0.2, 0) is 14.8 Å². The number of carboxylic acid groups (broad SMARTS) is 1. The van der Waals surface area contributed by atoms with Gasteiger partial charge in [-0.3, -0.25) is 4.79 Å². The van der Waals surface area contributed by atoms with E-state index in [0.29, 0.717) is 6.07 Å². The molecular weight excluding hydrogens is 336 g/mol. The van der Waals surface area contributed by atoms with Crippen LogP contribution in [0.15, 0.2) is 21.5 Å². The first-order chi connectivity index (χ1) is 8.15. The summed E-state index contributed by atoms with van der Waals surface area (Å²) in [4.78, 5) is 9.70. The Morgan fingerprint density at radius 3 is 2.44 bits per heavy atom. The minimum Gasteiger partial charge on any atom is -0.480 e. The Kier molecular flexibility index (Phi) is 4.41. The van der Waals surface area contributed by atoms with Gasteiger partial charge in [-0.2, -0.15) is 4.72 Å². The molecule has 0 fully saturated rings. The van der Waals surface area contributed by atoms with E-state index in [4.69, 9.17) is 5.11 Å². The van der Waals surface area contributed by atoms with Crippen LogP contribution in [0, 0.1) is 11.6 Å². The molecule has 0 unspecified atom stereocenters. The molecule has 0 aliphatic carbocycles. The number of benzene rings is 1. The van der Waals surface area contributed by atoms with Gasteiger partial charge >= 0.3 is 5.97 Å². The fraction of sp³-hybridized carbons (Fsp3) is 0.222. The van der Waals surface area contributed by atoms with Crippen molar-refractivity contribution in [3.8, 4) is 0 Å². The van der Waals surface area contributed by atoms with E-state index in [-0.39, 0.29) is 4.47 Å². The third-order valence-corrected chi connectivity index (χ3v) is 4.44. The molecule has 1 aromatic carbocycles. The highest BCUT2D eigenvalue weighted by Crippen LogP contribution is 2.26. The van der Waals surface area contributed by atoms with Gasteiger partial charge in [0.15, 0.2) is 0 Å². The van der Waals surface area contributed by atoms with Crippen LogP contribution in [-0.4, -0.2) is 25.5 Å². The maximum Gasteiger partial charge on any atom is 0.321 e. The van der Waals surface area contributed by atoms with Crippen LogP contribution < -0.4 is 4.72 Å². The quantitative estimate of drug-likeness (QED) is 0.867. The Morgan fingerprint density at radius 2 is 2.00 bits per heavy atom. The van der Waals surface area contributed by atoms with E-state index >= 15 is 0 Å². The maximum absolute atomic E-state index is 13.4. The highest BCUT2D eigenvalue weighted by Gasteiger charge is 2.27. The van der Waals surface area contributed by atoms with E-state index in [1.54, 1.807) is 4.72 Å². The molecule has 100 valence electrons. The first kappa shape index (κ1) is 15.0. The van der Waals surface area contributed by atoms with E-state index in [1.165, 1.54) is 0 Å². The number of rotatable bonds is 4. The van der Waals surface area contributed by atoms with Gasteiger partial charge in [0, 0.05) is 10.5 Å². The van der Waals surface area contributed by atoms with Gasteiger partial charge < -0.3 is 5.11 Å². The van der Waals surface area contributed by atoms with E-state index in [1.807, 2.05) is 0 Å². The molecule has 1 atom stereocenters. The number of carbonyl (C=O) groups is 1. The first-order valence-electron chi connectivity index (χ1n) is 4.55. The van der Waals surface area contributed by atoms with E-state index in [0.717, 1.165) is 13.0 Å². The molecule has 0 aliphatic rings. The molecule has 1 aromatic rings. The lowest BCUT2D eigenvalue weighted by Crippen LogP contribution is -2.38. The van der Waals surface area contributed by atoms with Crippen LogP contribution in [0.2, 0.25) is 0 Å². The molecule has 0 heterocycles. The predicted molar refractivity (Wildman–Crippen MR) is 61.5 cm³/mol. The predicted octanol–water partition coefficient (Wildman–Crippen LogP) is 1.48. The number of hydrogen-bond donors (Lipinski definition) is 2. The number of hydrogen-bond acceptors (Lipinski definition) is 3. The summed E-state index contributed by atoms with van der Waals surface area (Å²) in [6, 6.07) is -0.278. The molecular formula is C9H8BrF2NO4S. The number of aliphatic carboxylic acids is 1. The van der Waals surface area contributed by atoms with Gasteiger partial charge in [-0.05, 0) is 28.9 Å². The van der Waals surface area contributed by atoms with Crippen LogP contribution in [0.4, 0.5) is 8.78 Å². The second-order valence-electron chi connectivity index (χ2n) is 3.38. The molecule has 0 bridgehead atoms. The van der Waals surface area contributed by atoms with Crippen LogP contribution in [0.5, 0.6) is 0 Å². The Bertz CT molecular complexity index is 567. The zero-order valence-electron chi connectivity index (χ0n) is 8.95. The van der Waals surface area contributed by atoms with Crippen molar-refractivity contribution in [2.45, 2.75) is 17.9 Å². The van der Waals surface area contributed by atoms with Gasteiger partial charge in [-0.1, -0.05) is 0 Å². The number of sulfonamides is 1. The van der Waals surface area contributed by atoms with Crippen molar-refractivity contribution < 1.29 is 27.1 Å². The Balaban J connectivity index is 3.25. The SMILES string of the molecule is C[C@@H](NS(=O)(=O)c1c(F)cc(F)cc1Br)C(=O)O. The molecule has 0 saturated carbocycles. The normalized spacial score (nSPS) is 13.3. The molecule has 2 N–H and O–H groups in total. The molecule has 0 spiro atoms. The van der Waals surface area contributed by atoms with E-state index in [9.17, 15) is 22.0 Å². The van der Waals surface area contributed by atoms with Crippen molar-refractivity contribution in [2.75, 3.05) is 0 Å². The fourth-order valence-corrected chi connectivity index (χ4v) is 3.49. The summed E-state index contributed by atoms with van der Waals surface area (Å²) < 4.78 is 51.1. The van der Waals surface area contributed by atoms with Gasteiger partial charge in [0.25, 0.3) is 0 Å². The Labute approximate surface area is 110 Å². The summed E-state index contributed by atoms with van der Waals surface area (Å²) in [6.45, 7) is 1.08. The third-order valence-electron chi connectivity index (χ3n) is 1.93. The largest absolute Gasteiger partial charge is 0.480 e. The number of halogens is 3. The number of carboxylic acids is 1. The molecule has 0 aromatic heterocycles. The van der Waals surface area contributed by atoms with Crippen molar-refractivity contribution in [2.24, 2.45) is 0 Å². The Morgan fingerprint density at radius 1 is 1.44 bits per heavy atom. The van der Waals surface area contributed by atoms with Crippen molar-refractivity contribution in [1.82, 2.24) is 4.72 Å². The lowest BCUT2D eigenvalue weighted by Gasteiger charge is -2.12. The summed E-state index contributed by atoms with van der Waals surface area (Å²) in [5.74, 6) is -3.69. The standard InChI is InChI=1S/C9H8BrF2NO4S/c1-4(9(14)15)13-18(16,17)8-6(10)2-5(11)3-7(8)12/h2-4,13H,1H3,(H,14,15)/t4-/m1/s1. The summed E-state index contributed by atoms with van der Waals surface area (Å²) >= 11 is 2.71. The summed E-state index contributed by atoms with van der Waals surface area (Å²) in [5.41, 5.74) is 0. The zero-order valence-corrected chi connectivity index (χ0v) is 11.3. The van der Waals surface area contributed by atoms with Crippen molar-refractivity contribution in [1.29, 1.82) is 0 Å². The van der Waals surface area contributed by atoms with Gasteiger partial charge in [-0.15, -0.1) is 0 Å². The summed E-state index contributed by atoms with van der Waals surface area (Å²) in [6.07, 6.45) is 0. The average molecular weight is 344 g/mol. The fourth-order valence-electron chi connectivity index (χ4n) is 1.13. The van der Waals surface area contributed by atoms with Crippen molar-refractivity contribution >= 4 is 31.9 Å². The number of nitrogens with one attached hydrogen (secondary N) is 1. The summed E-state index contributed by atoms with van der Waals surface area (Å²) in [5, 5.41) is 8.58. The Hall–Kier alpha value is -1.06. The van der Waals surface area contributed by atoms with E-state index < -0.39 is 38.6 Å². The lowest BCUT2D eigenvalue weighted by atomic mass is 10.3. The molecule has 0 aliphatic heterocycles. The van der Waals surface area contributed by atoms with Crippen LogP contribution in [0.1, 0.15) is 6.92 Å². The van der Waals surface area contributed by atoms with Gasteiger partial charge in [0.05, 0.1) is 0 Å². The van der Waals surface area contributed by atoms with Gasteiger partial charge in [-0.25, -0.2) is 17.2 Å². The van der Waals surface area contributed by atoms with Crippen molar-refractivity contribution in [3.63, 3.8) is 0 Å². The van der Waals surface area contributed by atoms with Crippen molar-refractivity contribution in [3.05, 3.63) is 28.2 Å². The van der Waals surface area contributed by atoms with Crippen LogP contribution >= 0.6 is 15.9 Å². The molecule has 1 rings (SSSR count). The second kappa shape index (κ2) is 5.29. The smallest absolute Gasteiger partial charge is 0.321 e. The van der Waals surface area contributed by atoms with E-state index in [2.05, 4.69) is 15.9 Å². The molecule has 0 radical (unpaired) electrons. The molecule has 9 heteroatoms. The second-order valence-corrected chi connectivity index (χ2v) is 5.88.